The van der Waals surface area contributed by atoms with Crippen LogP contribution >= 0.6 is 0 Å². The van der Waals surface area contributed by atoms with Crippen LogP contribution in [0.3, 0.4) is 0 Å². The monoisotopic (exact) mass is 504 g/mol. The topological polar surface area (TPSA) is 99.3 Å². The van der Waals surface area contributed by atoms with Crippen LogP contribution in [0.1, 0.15) is 26.2 Å². The summed E-state index contributed by atoms with van der Waals surface area (Å²) in [6.45, 7) is 2.06. The maximum atomic E-state index is 13.5. The van der Waals surface area contributed by atoms with Gasteiger partial charge in [0.2, 0.25) is 5.91 Å². The minimum Gasteiger partial charge on any atom is -0.353 e. The lowest BCUT2D eigenvalue weighted by atomic mass is 10.0. The minimum atomic E-state index is -0.262. The van der Waals surface area contributed by atoms with Crippen LogP contribution in [0.25, 0.3) is 55.6 Å². The molecule has 3 N–H and O–H groups in total. The molecule has 0 radical (unpaired) electrons. The van der Waals surface area contributed by atoms with E-state index in [4.69, 9.17) is 0 Å². The molecule has 4 heterocycles. The quantitative estimate of drug-likeness (QED) is 0.216. The van der Waals surface area contributed by atoms with Crippen molar-refractivity contribution in [3.8, 4) is 33.6 Å². The number of hydrogen-bond donors (Lipinski definition) is 3. The second-order valence-electron chi connectivity index (χ2n) is 9.26. The molecule has 0 fully saturated rings. The Morgan fingerprint density at radius 2 is 1.79 bits per heavy atom. The maximum absolute atomic E-state index is 13.5. The van der Waals surface area contributed by atoms with Gasteiger partial charge in [-0.1, -0.05) is 37.6 Å². The molecule has 0 aliphatic heterocycles. The molecule has 38 heavy (non-hydrogen) atoms. The van der Waals surface area contributed by atoms with Crippen molar-refractivity contribution >= 4 is 33.5 Å². The number of anilines is 1. The Hall–Kier alpha value is -4.85. The molecule has 4 aromatic heterocycles. The number of nitrogens with one attached hydrogen (secondary N) is 3. The molecule has 0 aliphatic rings. The summed E-state index contributed by atoms with van der Waals surface area (Å²) < 4.78 is 13.5. The zero-order valence-corrected chi connectivity index (χ0v) is 20.8. The van der Waals surface area contributed by atoms with E-state index in [1.807, 2.05) is 30.3 Å². The van der Waals surface area contributed by atoms with Crippen LogP contribution in [-0.4, -0.2) is 31.1 Å². The predicted molar refractivity (Wildman–Crippen MR) is 148 cm³/mol. The fourth-order valence-corrected chi connectivity index (χ4v) is 4.66. The molecule has 0 saturated carbocycles. The number of hydrogen-bond acceptors (Lipinski definition) is 4. The second-order valence-corrected chi connectivity index (χ2v) is 9.26. The third kappa shape index (κ3) is 4.52. The van der Waals surface area contributed by atoms with E-state index in [1.54, 1.807) is 30.7 Å². The molecular formula is C30H25FN6O. The third-order valence-electron chi connectivity index (χ3n) is 6.61. The van der Waals surface area contributed by atoms with Crippen molar-refractivity contribution in [2.45, 2.75) is 26.2 Å². The van der Waals surface area contributed by atoms with Crippen LogP contribution < -0.4 is 5.32 Å². The van der Waals surface area contributed by atoms with Crippen molar-refractivity contribution in [2.75, 3.05) is 5.32 Å². The molecule has 6 aromatic rings. The summed E-state index contributed by atoms with van der Waals surface area (Å²) in [7, 11) is 0. The van der Waals surface area contributed by atoms with Gasteiger partial charge in [0.15, 0.2) is 5.65 Å². The normalized spacial score (nSPS) is 11.3. The molecule has 0 saturated heterocycles. The van der Waals surface area contributed by atoms with Gasteiger partial charge in [0.25, 0.3) is 0 Å². The Kier molecular flexibility index (Phi) is 6.13. The van der Waals surface area contributed by atoms with E-state index in [9.17, 15) is 9.18 Å². The highest BCUT2D eigenvalue weighted by atomic mass is 19.1. The summed E-state index contributed by atoms with van der Waals surface area (Å²) >= 11 is 0. The van der Waals surface area contributed by atoms with Crippen molar-refractivity contribution in [1.29, 1.82) is 0 Å². The van der Waals surface area contributed by atoms with E-state index >= 15 is 0 Å². The molecule has 188 valence electrons. The summed E-state index contributed by atoms with van der Waals surface area (Å²) in [6, 6.07) is 18.5. The number of unbranched alkanes of at least 4 members (excludes halogenated alkanes) is 1. The Morgan fingerprint density at radius 3 is 2.63 bits per heavy atom. The first-order chi connectivity index (χ1) is 18.6. The molecule has 0 bridgehead atoms. The van der Waals surface area contributed by atoms with E-state index in [-0.39, 0.29) is 11.7 Å². The Balaban J connectivity index is 1.37. The molecule has 8 heteroatoms. The molecule has 0 spiro atoms. The lowest BCUT2D eigenvalue weighted by Gasteiger charge is -2.07. The number of H-pyrrole nitrogens is 2. The van der Waals surface area contributed by atoms with Crippen molar-refractivity contribution in [3.05, 3.63) is 85.1 Å². The zero-order chi connectivity index (χ0) is 26.1. The fourth-order valence-electron chi connectivity index (χ4n) is 4.66. The molecular weight excluding hydrogens is 479 g/mol. The number of halogens is 1. The Bertz CT molecular complexity index is 1770. The maximum Gasteiger partial charge on any atom is 0.224 e. The van der Waals surface area contributed by atoms with Gasteiger partial charge >= 0.3 is 0 Å². The van der Waals surface area contributed by atoms with Gasteiger partial charge < -0.3 is 10.3 Å². The highest BCUT2D eigenvalue weighted by Gasteiger charge is 2.15. The number of fused-ring (bicyclic) bond motifs is 2. The van der Waals surface area contributed by atoms with E-state index in [2.05, 4.69) is 43.5 Å². The molecule has 2 aromatic carbocycles. The number of pyridine rings is 2. The summed E-state index contributed by atoms with van der Waals surface area (Å²) in [5.41, 5.74) is 7.54. The number of rotatable bonds is 7. The van der Waals surface area contributed by atoms with E-state index < -0.39 is 0 Å². The fraction of sp³-hybridized carbons (Fsp3) is 0.133. The van der Waals surface area contributed by atoms with Crippen LogP contribution in [-0.2, 0) is 4.79 Å². The number of carbonyl (C=O) groups excluding carboxylic acids is 1. The van der Waals surface area contributed by atoms with Crippen LogP contribution in [0, 0.1) is 5.82 Å². The van der Waals surface area contributed by atoms with E-state index in [1.165, 1.54) is 12.1 Å². The molecule has 7 nitrogen and oxygen atoms in total. The van der Waals surface area contributed by atoms with Crippen LogP contribution in [0.2, 0.25) is 0 Å². The molecule has 0 atom stereocenters. The standard InChI is InChI=1S/C30H25FN6O/c1-2-3-7-28(38)34-22-12-19(15-32-17-22)20-13-25-29(36-37-30(25)33-16-20)27-14-24-23(5-4-6-26(24)35-27)18-8-10-21(31)11-9-18/h4-6,8-17,35H,2-3,7H2,1H3,(H,34,38)(H,33,36,37). The van der Waals surface area contributed by atoms with Crippen LogP contribution in [0.15, 0.2) is 79.3 Å². The molecule has 1 amide bonds. The van der Waals surface area contributed by atoms with Crippen molar-refractivity contribution < 1.29 is 9.18 Å². The highest BCUT2D eigenvalue weighted by molar-refractivity contribution is 6.01. The summed E-state index contributed by atoms with van der Waals surface area (Å²) in [5.74, 6) is -0.280. The summed E-state index contributed by atoms with van der Waals surface area (Å²) in [5, 5.41) is 12.3. The van der Waals surface area contributed by atoms with Gasteiger partial charge in [0.05, 0.1) is 23.3 Å². The molecule has 0 unspecified atom stereocenters. The number of amides is 1. The van der Waals surface area contributed by atoms with Gasteiger partial charge in [-0.15, -0.1) is 0 Å². The average Bonchev–Trinajstić information content (AvgIpc) is 3.56. The Morgan fingerprint density at radius 1 is 0.947 bits per heavy atom. The number of aromatic amines is 2. The first-order valence-electron chi connectivity index (χ1n) is 12.6. The van der Waals surface area contributed by atoms with Crippen molar-refractivity contribution in [2.24, 2.45) is 0 Å². The molecule has 0 aliphatic carbocycles. The summed E-state index contributed by atoms with van der Waals surface area (Å²) in [4.78, 5) is 24.5. The molecule has 6 rings (SSSR count). The van der Waals surface area contributed by atoms with Crippen molar-refractivity contribution in [1.82, 2.24) is 25.1 Å². The largest absolute Gasteiger partial charge is 0.353 e. The average molecular weight is 505 g/mol. The predicted octanol–water partition coefficient (Wildman–Crippen LogP) is 7.10. The highest BCUT2D eigenvalue weighted by Crippen LogP contribution is 2.35. The van der Waals surface area contributed by atoms with Crippen LogP contribution in [0.5, 0.6) is 0 Å². The van der Waals surface area contributed by atoms with E-state index in [0.29, 0.717) is 17.8 Å². The van der Waals surface area contributed by atoms with Crippen LogP contribution in [0.4, 0.5) is 10.1 Å². The summed E-state index contributed by atoms with van der Waals surface area (Å²) in [6.07, 6.45) is 7.45. The smallest absolute Gasteiger partial charge is 0.224 e. The first kappa shape index (κ1) is 23.5. The van der Waals surface area contributed by atoms with Gasteiger partial charge in [-0.05, 0) is 53.9 Å². The third-order valence-corrected chi connectivity index (χ3v) is 6.61. The number of aromatic nitrogens is 5. The van der Waals surface area contributed by atoms with E-state index in [0.717, 1.165) is 62.8 Å². The van der Waals surface area contributed by atoms with Gasteiger partial charge in [-0.2, -0.15) is 5.10 Å². The van der Waals surface area contributed by atoms with Gasteiger partial charge in [0, 0.05) is 46.2 Å². The van der Waals surface area contributed by atoms with Gasteiger partial charge in [0.1, 0.15) is 5.82 Å². The van der Waals surface area contributed by atoms with Crippen molar-refractivity contribution in [3.63, 3.8) is 0 Å². The lowest BCUT2D eigenvalue weighted by Crippen LogP contribution is -2.11. The lowest BCUT2D eigenvalue weighted by molar-refractivity contribution is -0.116. The Labute approximate surface area is 218 Å². The first-order valence-corrected chi connectivity index (χ1v) is 12.6. The number of carbonyl (C=O) groups is 1. The second kappa shape index (κ2) is 9.89. The number of benzene rings is 2. The van der Waals surface area contributed by atoms with Gasteiger partial charge in [-0.25, -0.2) is 9.37 Å². The SMILES string of the molecule is CCCCC(=O)Nc1cncc(-c2cnc3n[nH]c(-c4cc5c(-c6ccc(F)cc6)cccc5[nH]4)c3c2)c1. The zero-order valence-electron chi connectivity index (χ0n) is 20.8. The number of nitrogens with zero attached hydrogens (tertiary/aromatic N) is 3. The van der Waals surface area contributed by atoms with Gasteiger partial charge in [-0.3, -0.25) is 14.9 Å². The minimum absolute atomic E-state index is 0.0182.